The number of fused-ring (bicyclic) bond motifs is 1. The average molecular weight is 594 g/mol. The van der Waals surface area contributed by atoms with Crippen molar-refractivity contribution < 1.29 is 28.9 Å². The molecule has 0 aromatic carbocycles. The van der Waals surface area contributed by atoms with Crippen molar-refractivity contribution in [1.82, 2.24) is 20.2 Å². The molecule has 39 heavy (non-hydrogen) atoms. The number of thioether (sulfide) groups is 2. The van der Waals surface area contributed by atoms with Crippen LogP contribution in [0.1, 0.15) is 12.6 Å². The molecule has 4 heterocycles. The standard InChI is InChI=1S/C22H27N9O5S3/c1-3-5-30-13(24)6-12(23)27-21(30)39-10-22(19(34)35)8-31-17(33)15(18(31)38-9-22)28-16(32)14(29-36-4-2)11-7-37-20(25)26-11/h3,6-7,15,18H,1,4-5,8-10H2,2H3,(H7,23,24,25,26,28,32,34,35)/t15?,18-,22?/m1/s1. The lowest BCUT2D eigenvalue weighted by molar-refractivity contribution is -0.713. The molecule has 2 aliphatic heterocycles. The highest BCUT2D eigenvalue weighted by molar-refractivity contribution is 8.00. The van der Waals surface area contributed by atoms with Gasteiger partial charge in [0.05, 0.1) is 18.6 Å². The summed E-state index contributed by atoms with van der Waals surface area (Å²) in [7, 11) is 0. The van der Waals surface area contributed by atoms with E-state index >= 15 is 0 Å². The Morgan fingerprint density at radius 3 is 2.85 bits per heavy atom. The molecule has 0 saturated carbocycles. The molecule has 0 spiro atoms. The minimum atomic E-state index is -1.37. The Labute approximate surface area is 236 Å². The summed E-state index contributed by atoms with van der Waals surface area (Å²) in [5.41, 5.74) is 16.3. The highest BCUT2D eigenvalue weighted by Crippen LogP contribution is 2.44. The Bertz CT molecular complexity index is 1340. The SMILES string of the molecule is C=CC[n+]1c(N)cc(N)nc1SCC1(C(=O)[O-])CS[C@@H]2C(NC(=O)C(=NOCC)c3csc(N)n3)C(=O)N2C1. The minimum absolute atomic E-state index is 0.0549. The van der Waals surface area contributed by atoms with Crippen LogP contribution in [0.25, 0.3) is 0 Å². The molecule has 3 atom stereocenters. The van der Waals surface area contributed by atoms with E-state index in [4.69, 9.17) is 22.0 Å². The van der Waals surface area contributed by atoms with Crippen LogP contribution in [0.2, 0.25) is 0 Å². The smallest absolute Gasteiger partial charge is 0.301 e. The topological polar surface area (TPSA) is 219 Å². The van der Waals surface area contributed by atoms with Crippen LogP contribution in [0, 0.1) is 5.41 Å². The lowest BCUT2D eigenvalue weighted by Crippen LogP contribution is -2.75. The first-order valence-corrected chi connectivity index (χ1v) is 14.6. The summed E-state index contributed by atoms with van der Waals surface area (Å²) in [4.78, 5) is 53.2. The summed E-state index contributed by atoms with van der Waals surface area (Å²) >= 11 is 3.54. The van der Waals surface area contributed by atoms with Crippen LogP contribution < -0.4 is 32.2 Å². The maximum atomic E-state index is 13.0. The van der Waals surface area contributed by atoms with E-state index in [1.165, 1.54) is 22.7 Å². The number of nitrogens with one attached hydrogen (secondary N) is 1. The predicted molar refractivity (Wildman–Crippen MR) is 146 cm³/mol. The van der Waals surface area contributed by atoms with Gasteiger partial charge < -0.3 is 42.2 Å². The van der Waals surface area contributed by atoms with Gasteiger partial charge in [0.25, 0.3) is 5.91 Å². The van der Waals surface area contributed by atoms with Crippen molar-refractivity contribution in [2.45, 2.75) is 30.0 Å². The minimum Gasteiger partial charge on any atom is -0.549 e. The van der Waals surface area contributed by atoms with Gasteiger partial charge in [-0.2, -0.15) is 0 Å². The number of nitrogen functional groups attached to an aromatic ring is 3. The molecule has 0 bridgehead atoms. The molecule has 14 nitrogen and oxygen atoms in total. The molecule has 0 radical (unpaired) electrons. The Balaban J connectivity index is 1.46. The van der Waals surface area contributed by atoms with Crippen molar-refractivity contribution in [3.63, 3.8) is 0 Å². The number of aromatic nitrogens is 3. The fraction of sp³-hybridized carbons (Fsp3) is 0.409. The summed E-state index contributed by atoms with van der Waals surface area (Å²) < 4.78 is 1.66. The third kappa shape index (κ3) is 5.74. The van der Waals surface area contributed by atoms with Gasteiger partial charge in [-0.3, -0.25) is 9.59 Å². The van der Waals surface area contributed by atoms with Crippen LogP contribution in [0.15, 0.2) is 34.4 Å². The Hall–Kier alpha value is -3.57. The molecule has 208 valence electrons. The third-order valence-corrected chi connectivity index (χ3v) is 9.51. The fourth-order valence-corrected chi connectivity index (χ4v) is 7.44. The van der Waals surface area contributed by atoms with Gasteiger partial charge in [-0.25, -0.2) is 9.55 Å². The third-order valence-electron chi connectivity index (χ3n) is 5.98. The fourth-order valence-electron chi connectivity index (χ4n) is 4.01. The number of aliphatic carboxylic acids is 1. The average Bonchev–Trinajstić information content (AvgIpc) is 3.33. The van der Waals surface area contributed by atoms with Crippen molar-refractivity contribution in [3.05, 3.63) is 29.8 Å². The lowest BCUT2D eigenvalue weighted by Gasteiger charge is -2.55. The molecule has 2 aliphatic rings. The van der Waals surface area contributed by atoms with Crippen molar-refractivity contribution in [3.8, 4) is 0 Å². The van der Waals surface area contributed by atoms with Gasteiger partial charge in [0.15, 0.2) is 10.8 Å². The highest BCUT2D eigenvalue weighted by atomic mass is 32.2. The number of allylic oxidation sites excluding steroid dienone is 1. The molecule has 7 N–H and O–H groups in total. The molecular formula is C22H27N9O5S3. The van der Waals surface area contributed by atoms with Gasteiger partial charge in [-0.05, 0) is 6.92 Å². The second kappa shape index (κ2) is 11.7. The van der Waals surface area contributed by atoms with E-state index in [9.17, 15) is 19.5 Å². The Morgan fingerprint density at radius 1 is 1.44 bits per heavy atom. The zero-order valence-electron chi connectivity index (χ0n) is 20.9. The first kappa shape index (κ1) is 28.4. The number of β-lactam (4-membered cyclic amide) rings is 1. The zero-order valence-corrected chi connectivity index (χ0v) is 23.3. The van der Waals surface area contributed by atoms with E-state index in [1.807, 2.05) is 0 Å². The van der Waals surface area contributed by atoms with Crippen molar-refractivity contribution >= 4 is 75.1 Å². The van der Waals surface area contributed by atoms with E-state index in [0.29, 0.717) is 17.5 Å². The number of nitrogens with two attached hydrogens (primary N) is 3. The monoisotopic (exact) mass is 593 g/mol. The number of carbonyl (C=O) groups excluding carboxylic acids is 3. The number of anilines is 3. The van der Waals surface area contributed by atoms with Gasteiger partial charge in [0.1, 0.15) is 23.7 Å². The molecule has 2 aromatic rings. The van der Waals surface area contributed by atoms with Crippen LogP contribution in [-0.4, -0.2) is 74.4 Å². The van der Waals surface area contributed by atoms with E-state index in [2.05, 4.69) is 27.0 Å². The van der Waals surface area contributed by atoms with Gasteiger partial charge in [-0.1, -0.05) is 34.6 Å². The first-order chi connectivity index (χ1) is 18.6. The van der Waals surface area contributed by atoms with Gasteiger partial charge in [0, 0.05) is 28.8 Å². The number of hydrogen-bond acceptors (Lipinski definition) is 14. The maximum Gasteiger partial charge on any atom is 0.301 e. The normalized spacial score (nSPS) is 22.5. The number of thiazole rings is 1. The largest absolute Gasteiger partial charge is 0.549 e. The molecular weight excluding hydrogens is 567 g/mol. The highest BCUT2D eigenvalue weighted by Gasteiger charge is 2.56. The van der Waals surface area contributed by atoms with E-state index < -0.39 is 34.6 Å². The first-order valence-electron chi connectivity index (χ1n) is 11.7. The number of hydrogen-bond donors (Lipinski definition) is 4. The van der Waals surface area contributed by atoms with Gasteiger partial charge >= 0.3 is 5.16 Å². The summed E-state index contributed by atoms with van der Waals surface area (Å²) in [6.07, 6.45) is 1.63. The second-order valence-electron chi connectivity index (χ2n) is 8.69. The van der Waals surface area contributed by atoms with Crippen LogP contribution in [0.4, 0.5) is 16.8 Å². The number of carboxylic acids is 1. The molecule has 2 fully saturated rings. The Kier molecular flexibility index (Phi) is 8.51. The van der Waals surface area contributed by atoms with Crippen molar-refractivity contribution in [2.75, 3.05) is 41.9 Å². The summed E-state index contributed by atoms with van der Waals surface area (Å²) in [6, 6.07) is 0.632. The Morgan fingerprint density at radius 2 is 2.21 bits per heavy atom. The van der Waals surface area contributed by atoms with E-state index in [0.717, 1.165) is 23.1 Å². The predicted octanol–water partition coefficient (Wildman–Crippen LogP) is -1.57. The number of amides is 2. The molecule has 2 aromatic heterocycles. The number of oxime groups is 1. The number of nitrogens with zero attached hydrogens (tertiary/aromatic N) is 5. The van der Waals surface area contributed by atoms with Gasteiger partial charge in [-0.15, -0.1) is 23.1 Å². The van der Waals surface area contributed by atoms with Gasteiger partial charge in [0.2, 0.25) is 17.5 Å². The molecule has 2 unspecified atom stereocenters. The molecule has 2 saturated heterocycles. The zero-order chi connectivity index (χ0) is 28.3. The molecule has 0 aliphatic carbocycles. The summed E-state index contributed by atoms with van der Waals surface area (Å²) in [5.74, 6) is -1.62. The number of carbonyl (C=O) groups is 3. The summed E-state index contributed by atoms with van der Waals surface area (Å²) in [5, 5.41) is 20.6. The second-order valence-corrected chi connectivity index (χ2v) is 11.6. The van der Waals surface area contributed by atoms with Crippen LogP contribution in [0.5, 0.6) is 0 Å². The number of carboxylic acid groups (broad SMARTS) is 1. The molecule has 2 amide bonds. The van der Waals surface area contributed by atoms with E-state index in [1.54, 1.807) is 22.9 Å². The van der Waals surface area contributed by atoms with Crippen molar-refractivity contribution in [2.24, 2.45) is 10.6 Å². The van der Waals surface area contributed by atoms with E-state index in [-0.39, 0.29) is 47.0 Å². The van der Waals surface area contributed by atoms with Crippen molar-refractivity contribution in [1.29, 1.82) is 0 Å². The lowest BCUT2D eigenvalue weighted by atomic mass is 9.89. The van der Waals surface area contributed by atoms with Crippen LogP contribution >= 0.6 is 34.9 Å². The number of rotatable bonds is 11. The van der Waals surface area contributed by atoms with Crippen LogP contribution in [-0.2, 0) is 25.8 Å². The summed E-state index contributed by atoms with van der Waals surface area (Å²) in [6.45, 7) is 5.90. The maximum absolute atomic E-state index is 13.0. The quantitative estimate of drug-likeness (QED) is 0.0441. The molecule has 4 rings (SSSR count). The van der Waals surface area contributed by atoms with Crippen LogP contribution in [0.3, 0.4) is 0 Å². The molecule has 17 heteroatoms.